The Balaban J connectivity index is 2.58. The number of nitrogens with zero attached hydrogens (tertiary/aromatic N) is 1. The maximum absolute atomic E-state index is 11.5. The number of hydrogen-bond donors (Lipinski definition) is 2. The average molecular weight is 239 g/mol. The Morgan fingerprint density at radius 2 is 2.44 bits per heavy atom. The lowest BCUT2D eigenvalue weighted by Gasteiger charge is -2.00. The molecule has 1 rings (SSSR count). The Hall–Kier alpha value is -1.20. The molecule has 5 heteroatoms. The highest BCUT2D eigenvalue weighted by Crippen LogP contribution is 2.18. The van der Waals surface area contributed by atoms with Crippen molar-refractivity contribution in [2.45, 2.75) is 19.8 Å². The molecule has 0 saturated carbocycles. The first-order valence-electron chi connectivity index (χ1n) is 5.20. The minimum absolute atomic E-state index is 0.00551. The van der Waals surface area contributed by atoms with E-state index in [0.29, 0.717) is 19.5 Å². The van der Waals surface area contributed by atoms with Gasteiger partial charge in [0.2, 0.25) is 5.91 Å². The van der Waals surface area contributed by atoms with Gasteiger partial charge in [-0.25, -0.2) is 4.98 Å². The second-order valence-electron chi connectivity index (χ2n) is 3.42. The Bertz CT molecular complexity index is 373. The maximum Gasteiger partial charge on any atom is 0.225 e. The van der Waals surface area contributed by atoms with Crippen LogP contribution >= 0.6 is 11.3 Å². The van der Waals surface area contributed by atoms with Gasteiger partial charge in [-0.05, 0) is 13.5 Å². The van der Waals surface area contributed by atoms with Crippen LogP contribution in [0.3, 0.4) is 0 Å². The minimum Gasteiger partial charge on any atom is -0.352 e. The average Bonchev–Trinajstić information content (AvgIpc) is 2.57. The van der Waals surface area contributed by atoms with Crippen LogP contribution in [0, 0.1) is 6.92 Å². The number of nitrogens with two attached hydrogens (primary N) is 1. The summed E-state index contributed by atoms with van der Waals surface area (Å²) in [6.07, 6.45) is 2.83. The van der Waals surface area contributed by atoms with Crippen molar-refractivity contribution in [2.24, 2.45) is 5.73 Å². The first kappa shape index (κ1) is 12.9. The van der Waals surface area contributed by atoms with E-state index in [4.69, 9.17) is 5.73 Å². The summed E-state index contributed by atoms with van der Waals surface area (Å²) >= 11 is 1.57. The number of carbonyl (C=O) groups excluding carboxylic acids is 1. The van der Waals surface area contributed by atoms with Gasteiger partial charge in [0.05, 0.1) is 17.1 Å². The Kier molecular flexibility index (Phi) is 5.14. The zero-order chi connectivity index (χ0) is 12.0. The number of aromatic nitrogens is 1. The van der Waals surface area contributed by atoms with E-state index in [-0.39, 0.29) is 5.91 Å². The molecule has 0 spiro atoms. The fraction of sp³-hybridized carbons (Fsp3) is 0.455. The van der Waals surface area contributed by atoms with Gasteiger partial charge in [-0.1, -0.05) is 6.08 Å². The molecule has 3 N–H and O–H groups in total. The van der Waals surface area contributed by atoms with E-state index in [1.54, 1.807) is 17.4 Å². The molecule has 4 nitrogen and oxygen atoms in total. The number of nitrogens with one attached hydrogen (secondary N) is 1. The van der Waals surface area contributed by atoms with Crippen molar-refractivity contribution in [1.29, 1.82) is 0 Å². The van der Waals surface area contributed by atoms with Crippen LogP contribution in [0.5, 0.6) is 0 Å². The van der Waals surface area contributed by atoms with Crippen molar-refractivity contribution < 1.29 is 4.79 Å². The third kappa shape index (κ3) is 3.75. The summed E-state index contributed by atoms with van der Waals surface area (Å²) in [6.45, 7) is 6.57. The number of amides is 1. The highest BCUT2D eigenvalue weighted by atomic mass is 32.1. The highest BCUT2D eigenvalue weighted by molar-refractivity contribution is 7.11. The molecule has 0 saturated heterocycles. The van der Waals surface area contributed by atoms with Gasteiger partial charge in [-0.15, -0.1) is 17.9 Å². The molecule has 0 atom stereocenters. The fourth-order valence-electron chi connectivity index (χ4n) is 1.28. The van der Waals surface area contributed by atoms with Crippen LogP contribution < -0.4 is 11.1 Å². The molecule has 0 bridgehead atoms. The number of thiazole rings is 1. The summed E-state index contributed by atoms with van der Waals surface area (Å²) in [4.78, 5) is 16.9. The van der Waals surface area contributed by atoms with Crippen LogP contribution in [0.25, 0.3) is 0 Å². The van der Waals surface area contributed by atoms with Crippen LogP contribution in [-0.2, 0) is 17.6 Å². The van der Waals surface area contributed by atoms with Crippen molar-refractivity contribution in [2.75, 3.05) is 13.1 Å². The van der Waals surface area contributed by atoms with Crippen LogP contribution in [0.4, 0.5) is 0 Å². The zero-order valence-electron chi connectivity index (χ0n) is 9.45. The molecule has 1 aromatic rings. The summed E-state index contributed by atoms with van der Waals surface area (Å²) in [5.74, 6) is 0.00551. The Morgan fingerprint density at radius 1 is 1.69 bits per heavy atom. The predicted octanol–water partition coefficient (Wildman–Crippen LogP) is 0.797. The van der Waals surface area contributed by atoms with E-state index < -0.39 is 0 Å². The van der Waals surface area contributed by atoms with Crippen molar-refractivity contribution in [3.63, 3.8) is 0 Å². The lowest BCUT2D eigenvalue weighted by Crippen LogP contribution is -2.24. The minimum atomic E-state index is 0.00551. The van der Waals surface area contributed by atoms with Gasteiger partial charge in [0.1, 0.15) is 0 Å². The summed E-state index contributed by atoms with van der Waals surface area (Å²) in [7, 11) is 0. The van der Waals surface area contributed by atoms with E-state index in [9.17, 15) is 4.79 Å². The van der Waals surface area contributed by atoms with Gasteiger partial charge >= 0.3 is 0 Å². The lowest BCUT2D eigenvalue weighted by atomic mass is 10.3. The molecular formula is C11H17N3OS. The third-order valence-electron chi connectivity index (χ3n) is 2.06. The molecule has 0 aromatic carbocycles. The molecule has 0 aliphatic heterocycles. The zero-order valence-corrected chi connectivity index (χ0v) is 10.3. The topological polar surface area (TPSA) is 68.0 Å². The molecule has 1 amide bonds. The molecule has 1 heterocycles. The first-order valence-corrected chi connectivity index (χ1v) is 6.02. The lowest BCUT2D eigenvalue weighted by molar-refractivity contribution is -0.120. The predicted molar refractivity (Wildman–Crippen MR) is 66.5 cm³/mol. The van der Waals surface area contributed by atoms with Gasteiger partial charge < -0.3 is 11.1 Å². The summed E-state index contributed by atoms with van der Waals surface area (Å²) in [6, 6.07) is 0. The number of hydrogen-bond acceptors (Lipinski definition) is 4. The van der Waals surface area contributed by atoms with Crippen LogP contribution in [0.15, 0.2) is 12.7 Å². The first-order chi connectivity index (χ1) is 7.67. The van der Waals surface area contributed by atoms with Crippen molar-refractivity contribution >= 4 is 17.2 Å². The molecule has 0 fully saturated rings. The van der Waals surface area contributed by atoms with E-state index >= 15 is 0 Å². The standard InChI is InChI=1S/C11H17N3OS/c1-3-6-13-10(15)7-9-8(2)14-11(16-9)4-5-12/h3H,1,4-7,12H2,2H3,(H,13,15). The molecule has 16 heavy (non-hydrogen) atoms. The van der Waals surface area contributed by atoms with Gasteiger partial charge in [0.15, 0.2) is 0 Å². The van der Waals surface area contributed by atoms with E-state index in [0.717, 1.165) is 22.0 Å². The smallest absolute Gasteiger partial charge is 0.225 e. The van der Waals surface area contributed by atoms with Crippen molar-refractivity contribution in [3.05, 3.63) is 28.2 Å². The molecule has 88 valence electrons. The Morgan fingerprint density at radius 3 is 3.06 bits per heavy atom. The quantitative estimate of drug-likeness (QED) is 0.721. The Labute approximate surface area is 99.6 Å². The van der Waals surface area contributed by atoms with E-state index in [2.05, 4.69) is 16.9 Å². The fourth-order valence-corrected chi connectivity index (χ4v) is 2.36. The number of aryl methyl sites for hydroxylation is 1. The maximum atomic E-state index is 11.5. The summed E-state index contributed by atoms with van der Waals surface area (Å²) in [5, 5.41) is 3.75. The molecule has 0 unspecified atom stereocenters. The summed E-state index contributed by atoms with van der Waals surface area (Å²) < 4.78 is 0. The molecular weight excluding hydrogens is 222 g/mol. The largest absolute Gasteiger partial charge is 0.352 e. The number of rotatable bonds is 6. The van der Waals surface area contributed by atoms with Gasteiger partial charge in [-0.3, -0.25) is 4.79 Å². The number of carbonyl (C=O) groups is 1. The molecule has 0 aliphatic carbocycles. The van der Waals surface area contributed by atoms with E-state index in [1.165, 1.54) is 0 Å². The second kappa shape index (κ2) is 6.40. The molecule has 0 aliphatic rings. The third-order valence-corrected chi connectivity index (χ3v) is 3.28. The highest BCUT2D eigenvalue weighted by Gasteiger charge is 2.10. The second-order valence-corrected chi connectivity index (χ2v) is 4.59. The monoisotopic (exact) mass is 239 g/mol. The van der Waals surface area contributed by atoms with Crippen LogP contribution in [0.1, 0.15) is 15.6 Å². The summed E-state index contributed by atoms with van der Waals surface area (Å²) in [5.41, 5.74) is 6.40. The SMILES string of the molecule is C=CCNC(=O)Cc1sc(CCN)nc1C. The van der Waals surface area contributed by atoms with Gasteiger partial charge in [0.25, 0.3) is 0 Å². The van der Waals surface area contributed by atoms with Crippen molar-refractivity contribution in [1.82, 2.24) is 10.3 Å². The normalized spacial score (nSPS) is 10.1. The van der Waals surface area contributed by atoms with Crippen LogP contribution in [-0.4, -0.2) is 24.0 Å². The van der Waals surface area contributed by atoms with Crippen molar-refractivity contribution in [3.8, 4) is 0 Å². The van der Waals surface area contributed by atoms with Gasteiger partial charge in [-0.2, -0.15) is 0 Å². The van der Waals surface area contributed by atoms with E-state index in [1.807, 2.05) is 6.92 Å². The molecule has 0 radical (unpaired) electrons. The molecule has 1 aromatic heterocycles. The van der Waals surface area contributed by atoms with Gasteiger partial charge in [0, 0.05) is 17.8 Å². The van der Waals surface area contributed by atoms with Crippen LogP contribution in [0.2, 0.25) is 0 Å².